The Morgan fingerprint density at radius 1 is 1.23 bits per heavy atom. The topological polar surface area (TPSA) is 104 Å². The maximum atomic E-state index is 11.3. The number of carbonyl (C=O) groups is 2. The molecule has 1 aliphatic rings. The molecule has 22 heavy (non-hydrogen) atoms. The van der Waals surface area contributed by atoms with Crippen molar-refractivity contribution in [1.29, 1.82) is 0 Å². The van der Waals surface area contributed by atoms with Crippen LogP contribution in [-0.4, -0.2) is 51.7 Å². The van der Waals surface area contributed by atoms with Gasteiger partial charge in [-0.15, -0.1) is 0 Å². The van der Waals surface area contributed by atoms with E-state index in [1.165, 1.54) is 5.56 Å². The van der Waals surface area contributed by atoms with Gasteiger partial charge in [-0.3, -0.25) is 14.5 Å². The Kier molecular flexibility index (Phi) is 5.15. The number of aryl methyl sites for hydroxylation is 1. The van der Waals surface area contributed by atoms with Gasteiger partial charge in [-0.05, 0) is 31.4 Å². The van der Waals surface area contributed by atoms with E-state index in [9.17, 15) is 14.7 Å². The first-order valence-corrected chi connectivity index (χ1v) is 7.45. The van der Waals surface area contributed by atoms with Crippen molar-refractivity contribution in [3.63, 3.8) is 0 Å². The normalized spacial score (nSPS) is 25.2. The lowest BCUT2D eigenvalue weighted by Gasteiger charge is -2.21. The number of aliphatic carboxylic acids is 2. The molecular weight excluding hydrogens is 284 g/mol. The third kappa shape index (κ3) is 3.84. The van der Waals surface area contributed by atoms with Crippen molar-refractivity contribution < 1.29 is 19.8 Å². The first-order chi connectivity index (χ1) is 10.4. The summed E-state index contributed by atoms with van der Waals surface area (Å²) in [6, 6.07) is 9.27. The Bertz CT molecular complexity index is 534. The molecule has 1 fully saturated rings. The van der Waals surface area contributed by atoms with Crippen LogP contribution in [0.3, 0.4) is 0 Å². The van der Waals surface area contributed by atoms with E-state index < -0.39 is 23.5 Å². The minimum atomic E-state index is -1.46. The van der Waals surface area contributed by atoms with Crippen molar-refractivity contribution in [2.45, 2.75) is 37.3 Å². The number of unbranched alkanes of at least 4 members (excludes halogenated alkanes) is 1. The molecule has 0 saturated carbocycles. The standard InChI is InChI=1S/C16H22N2O4/c17-16(15(21)22)10-13(14(19)20)18(11-16)9-5-4-8-12-6-2-1-3-7-12/h1-3,6-7,13H,4-5,8-11,17H2,(H,19,20)(H,21,22)/t13-,16-/m1/s1. The van der Waals surface area contributed by atoms with Crippen LogP contribution in [-0.2, 0) is 16.0 Å². The van der Waals surface area contributed by atoms with Crippen LogP contribution in [0.4, 0.5) is 0 Å². The number of hydrogen-bond donors (Lipinski definition) is 3. The van der Waals surface area contributed by atoms with Crippen LogP contribution in [0, 0.1) is 0 Å². The molecule has 120 valence electrons. The highest BCUT2D eigenvalue weighted by molar-refractivity contribution is 5.83. The van der Waals surface area contributed by atoms with Gasteiger partial charge >= 0.3 is 11.9 Å². The predicted octanol–water partition coefficient (Wildman–Crippen LogP) is 0.950. The van der Waals surface area contributed by atoms with E-state index in [0.717, 1.165) is 19.3 Å². The Morgan fingerprint density at radius 3 is 2.50 bits per heavy atom. The number of benzene rings is 1. The molecule has 0 aromatic heterocycles. The molecule has 2 rings (SSSR count). The molecule has 1 aliphatic heterocycles. The highest BCUT2D eigenvalue weighted by atomic mass is 16.4. The smallest absolute Gasteiger partial charge is 0.325 e. The first kappa shape index (κ1) is 16.5. The summed E-state index contributed by atoms with van der Waals surface area (Å²) in [6.07, 6.45) is 2.63. The lowest BCUT2D eigenvalue weighted by Crippen LogP contribution is -2.50. The lowest BCUT2D eigenvalue weighted by molar-refractivity contribution is -0.142. The van der Waals surface area contributed by atoms with Crippen LogP contribution < -0.4 is 5.73 Å². The summed E-state index contributed by atoms with van der Waals surface area (Å²) in [7, 11) is 0. The van der Waals surface area contributed by atoms with Crippen molar-refractivity contribution in [1.82, 2.24) is 4.90 Å². The van der Waals surface area contributed by atoms with Gasteiger partial charge in [-0.25, -0.2) is 0 Å². The highest BCUT2D eigenvalue weighted by Crippen LogP contribution is 2.26. The van der Waals surface area contributed by atoms with Crippen molar-refractivity contribution in [2.75, 3.05) is 13.1 Å². The van der Waals surface area contributed by atoms with Crippen LogP contribution >= 0.6 is 0 Å². The molecule has 1 heterocycles. The van der Waals surface area contributed by atoms with Crippen LogP contribution in [0.25, 0.3) is 0 Å². The number of carboxylic acid groups (broad SMARTS) is 2. The zero-order valence-electron chi connectivity index (χ0n) is 12.4. The van der Waals surface area contributed by atoms with Gasteiger partial charge in [0, 0.05) is 13.0 Å². The number of nitrogens with zero attached hydrogens (tertiary/aromatic N) is 1. The summed E-state index contributed by atoms with van der Waals surface area (Å²) in [5.74, 6) is -2.14. The molecule has 0 unspecified atom stereocenters. The fourth-order valence-electron chi connectivity index (χ4n) is 2.93. The fourth-order valence-corrected chi connectivity index (χ4v) is 2.93. The Labute approximate surface area is 129 Å². The number of nitrogens with two attached hydrogens (primary N) is 1. The van der Waals surface area contributed by atoms with Crippen LogP contribution in [0.5, 0.6) is 0 Å². The number of hydrogen-bond acceptors (Lipinski definition) is 4. The van der Waals surface area contributed by atoms with Gasteiger partial charge in [0.25, 0.3) is 0 Å². The van der Waals surface area contributed by atoms with Crippen LogP contribution in [0.2, 0.25) is 0 Å². The van der Waals surface area contributed by atoms with Gasteiger partial charge < -0.3 is 15.9 Å². The molecule has 0 amide bonds. The summed E-state index contributed by atoms with van der Waals surface area (Å²) < 4.78 is 0. The lowest BCUT2D eigenvalue weighted by atomic mass is 9.98. The Balaban J connectivity index is 1.85. The summed E-state index contributed by atoms with van der Waals surface area (Å²) in [5, 5.41) is 18.4. The van der Waals surface area contributed by atoms with Crippen molar-refractivity contribution in [2.24, 2.45) is 5.73 Å². The quantitative estimate of drug-likeness (QED) is 0.648. The van der Waals surface area contributed by atoms with E-state index in [1.807, 2.05) is 18.2 Å². The third-order valence-electron chi connectivity index (χ3n) is 4.20. The molecule has 0 spiro atoms. The summed E-state index contributed by atoms with van der Waals surface area (Å²) in [6.45, 7) is 0.640. The van der Waals surface area contributed by atoms with Gasteiger partial charge in [-0.2, -0.15) is 0 Å². The largest absolute Gasteiger partial charge is 0.480 e. The molecule has 1 aromatic rings. The number of carboxylic acids is 2. The molecule has 0 aliphatic carbocycles. The van der Waals surface area contributed by atoms with E-state index in [0.29, 0.717) is 6.54 Å². The van der Waals surface area contributed by atoms with E-state index in [1.54, 1.807) is 4.90 Å². The minimum Gasteiger partial charge on any atom is -0.480 e. The van der Waals surface area contributed by atoms with Gasteiger partial charge in [0.15, 0.2) is 0 Å². The Hall–Kier alpha value is -1.92. The summed E-state index contributed by atoms with van der Waals surface area (Å²) in [5.41, 5.74) is 5.60. The monoisotopic (exact) mass is 306 g/mol. The maximum absolute atomic E-state index is 11.3. The molecule has 4 N–H and O–H groups in total. The average Bonchev–Trinajstić information content (AvgIpc) is 2.84. The minimum absolute atomic E-state index is 0.0453. The average molecular weight is 306 g/mol. The second kappa shape index (κ2) is 6.89. The van der Waals surface area contributed by atoms with Gasteiger partial charge in [0.2, 0.25) is 0 Å². The molecule has 6 nitrogen and oxygen atoms in total. The molecule has 1 aromatic carbocycles. The Morgan fingerprint density at radius 2 is 1.91 bits per heavy atom. The maximum Gasteiger partial charge on any atom is 0.325 e. The van der Waals surface area contributed by atoms with Crippen LogP contribution in [0.1, 0.15) is 24.8 Å². The molecule has 1 saturated heterocycles. The summed E-state index contributed by atoms with van der Waals surface area (Å²) >= 11 is 0. The zero-order valence-corrected chi connectivity index (χ0v) is 12.4. The molecule has 0 bridgehead atoms. The SMILES string of the molecule is N[C@]1(C(=O)O)C[C@H](C(=O)O)N(CCCCc2ccccc2)C1. The highest BCUT2D eigenvalue weighted by Gasteiger charge is 2.49. The predicted molar refractivity (Wildman–Crippen MR) is 81.5 cm³/mol. The zero-order chi connectivity index (χ0) is 16.2. The van der Waals surface area contributed by atoms with Crippen molar-refractivity contribution in [3.05, 3.63) is 35.9 Å². The fraction of sp³-hybridized carbons (Fsp3) is 0.500. The van der Waals surface area contributed by atoms with E-state index in [4.69, 9.17) is 10.8 Å². The summed E-state index contributed by atoms with van der Waals surface area (Å²) in [4.78, 5) is 24.2. The molecule has 6 heteroatoms. The van der Waals surface area contributed by atoms with Gasteiger partial charge in [0.05, 0.1) is 0 Å². The molecule has 2 atom stereocenters. The molecule has 0 radical (unpaired) electrons. The first-order valence-electron chi connectivity index (χ1n) is 7.45. The van der Waals surface area contributed by atoms with E-state index in [2.05, 4.69) is 12.1 Å². The molecular formula is C16H22N2O4. The van der Waals surface area contributed by atoms with Crippen molar-refractivity contribution in [3.8, 4) is 0 Å². The van der Waals surface area contributed by atoms with Crippen LogP contribution in [0.15, 0.2) is 30.3 Å². The van der Waals surface area contributed by atoms with Gasteiger partial charge in [-0.1, -0.05) is 30.3 Å². The second-order valence-electron chi connectivity index (χ2n) is 5.93. The van der Waals surface area contributed by atoms with Crippen molar-refractivity contribution >= 4 is 11.9 Å². The number of likely N-dealkylation sites (tertiary alicyclic amines) is 1. The third-order valence-corrected chi connectivity index (χ3v) is 4.20. The van der Waals surface area contributed by atoms with Gasteiger partial charge in [0.1, 0.15) is 11.6 Å². The second-order valence-corrected chi connectivity index (χ2v) is 5.93. The van der Waals surface area contributed by atoms with E-state index >= 15 is 0 Å². The van der Waals surface area contributed by atoms with E-state index in [-0.39, 0.29) is 13.0 Å². The number of rotatable bonds is 7.